The quantitative estimate of drug-likeness (QED) is 0.799. The molecule has 0 aliphatic heterocycles. The molecule has 3 nitrogen and oxygen atoms in total. The molecule has 3 heteroatoms. The van der Waals surface area contributed by atoms with Crippen LogP contribution in [-0.2, 0) is 9.53 Å². The summed E-state index contributed by atoms with van der Waals surface area (Å²) in [6.45, 7) is 7.16. The summed E-state index contributed by atoms with van der Waals surface area (Å²) in [4.78, 5) is 11.7. The van der Waals surface area contributed by atoms with Crippen molar-refractivity contribution in [3.63, 3.8) is 0 Å². The van der Waals surface area contributed by atoms with E-state index in [9.17, 15) is 4.79 Å². The van der Waals surface area contributed by atoms with E-state index in [-0.39, 0.29) is 11.9 Å². The van der Waals surface area contributed by atoms with E-state index < -0.39 is 0 Å². The monoisotopic (exact) mass is 281 g/mol. The van der Waals surface area contributed by atoms with Crippen molar-refractivity contribution in [1.29, 1.82) is 0 Å². The minimum absolute atomic E-state index is 0.0189. The van der Waals surface area contributed by atoms with Crippen molar-refractivity contribution in [1.82, 2.24) is 5.32 Å². The van der Waals surface area contributed by atoms with Crippen LogP contribution in [0.5, 0.6) is 0 Å². The van der Waals surface area contributed by atoms with Crippen molar-refractivity contribution < 1.29 is 9.53 Å². The van der Waals surface area contributed by atoms with E-state index in [0.717, 1.165) is 25.7 Å². The first-order chi connectivity index (χ1) is 9.50. The van der Waals surface area contributed by atoms with Crippen molar-refractivity contribution in [3.8, 4) is 0 Å². The zero-order chi connectivity index (χ0) is 14.6. The Hall–Kier alpha value is -0.570. The van der Waals surface area contributed by atoms with E-state index in [1.165, 1.54) is 25.7 Å². The van der Waals surface area contributed by atoms with Crippen LogP contribution in [0.25, 0.3) is 0 Å². The van der Waals surface area contributed by atoms with Gasteiger partial charge in [-0.05, 0) is 63.7 Å². The predicted octanol–water partition coefficient (Wildman–Crippen LogP) is 3.67. The molecule has 2 saturated carbocycles. The molecule has 0 aromatic carbocycles. The number of ether oxygens (including phenoxy) is 1. The highest BCUT2D eigenvalue weighted by molar-refractivity contribution is 5.72. The van der Waals surface area contributed by atoms with Crippen LogP contribution in [0.1, 0.15) is 72.1 Å². The summed E-state index contributed by atoms with van der Waals surface area (Å²) in [5, 5.41) is 3.83. The summed E-state index contributed by atoms with van der Waals surface area (Å²) >= 11 is 0. The molecule has 0 unspecified atom stereocenters. The maximum Gasteiger partial charge on any atom is 0.308 e. The summed E-state index contributed by atoms with van der Waals surface area (Å²) in [7, 11) is 0. The number of carbonyl (C=O) groups is 1. The van der Waals surface area contributed by atoms with Crippen LogP contribution in [0.3, 0.4) is 0 Å². The molecule has 0 radical (unpaired) electrons. The van der Waals surface area contributed by atoms with E-state index in [0.29, 0.717) is 24.1 Å². The fourth-order valence-electron chi connectivity index (χ4n) is 3.66. The SMILES string of the molecule is CCOC(=O)C1CCC(NC2CCC(C)(C)CC2)CC1. The fourth-order valence-corrected chi connectivity index (χ4v) is 3.66. The number of esters is 1. The lowest BCUT2D eigenvalue weighted by Crippen LogP contribution is -2.44. The molecule has 2 rings (SSSR count). The Morgan fingerprint density at radius 2 is 1.60 bits per heavy atom. The van der Waals surface area contributed by atoms with Crippen molar-refractivity contribution in [2.75, 3.05) is 6.61 Å². The molecule has 2 aliphatic rings. The molecular weight excluding hydrogens is 250 g/mol. The summed E-state index contributed by atoms with van der Waals surface area (Å²) in [6.07, 6.45) is 9.54. The first kappa shape index (κ1) is 15.8. The molecule has 2 aliphatic carbocycles. The van der Waals surface area contributed by atoms with Crippen molar-refractivity contribution in [2.24, 2.45) is 11.3 Å². The van der Waals surface area contributed by atoms with Gasteiger partial charge in [-0.3, -0.25) is 4.79 Å². The number of carbonyl (C=O) groups excluding carboxylic acids is 1. The topological polar surface area (TPSA) is 38.3 Å². The maximum atomic E-state index is 11.7. The van der Waals surface area contributed by atoms with Gasteiger partial charge < -0.3 is 10.1 Å². The third kappa shape index (κ3) is 4.47. The summed E-state index contributed by atoms with van der Waals surface area (Å²) in [6, 6.07) is 1.32. The molecule has 0 bridgehead atoms. The van der Waals surface area contributed by atoms with Crippen molar-refractivity contribution in [3.05, 3.63) is 0 Å². The Bertz CT molecular complexity index is 309. The van der Waals surface area contributed by atoms with Crippen LogP contribution in [0, 0.1) is 11.3 Å². The molecule has 0 heterocycles. The van der Waals surface area contributed by atoms with Gasteiger partial charge in [0, 0.05) is 12.1 Å². The second-order valence-corrected chi connectivity index (χ2v) is 7.41. The molecule has 116 valence electrons. The van der Waals surface area contributed by atoms with E-state index in [1.807, 2.05) is 6.92 Å². The molecule has 0 saturated heterocycles. The molecule has 0 aromatic heterocycles. The Morgan fingerprint density at radius 1 is 1.05 bits per heavy atom. The molecule has 0 spiro atoms. The highest BCUT2D eigenvalue weighted by atomic mass is 16.5. The van der Waals surface area contributed by atoms with Crippen molar-refractivity contribution in [2.45, 2.75) is 84.2 Å². The average molecular weight is 281 g/mol. The standard InChI is InChI=1S/C17H31NO2/c1-4-20-16(19)13-5-7-14(8-6-13)18-15-9-11-17(2,3)12-10-15/h13-15,18H,4-12H2,1-3H3. The second kappa shape index (κ2) is 6.93. The zero-order valence-corrected chi connectivity index (χ0v) is 13.4. The fraction of sp³-hybridized carbons (Fsp3) is 0.941. The van der Waals surface area contributed by atoms with Gasteiger partial charge in [-0.15, -0.1) is 0 Å². The minimum atomic E-state index is 0.0189. The molecular formula is C17H31NO2. The summed E-state index contributed by atoms with van der Waals surface area (Å²) < 4.78 is 5.13. The van der Waals surface area contributed by atoms with E-state index in [4.69, 9.17) is 4.74 Å². The van der Waals surface area contributed by atoms with Crippen molar-refractivity contribution >= 4 is 5.97 Å². The molecule has 1 N–H and O–H groups in total. The lowest BCUT2D eigenvalue weighted by molar-refractivity contribution is -0.149. The van der Waals surface area contributed by atoms with E-state index in [1.54, 1.807) is 0 Å². The van der Waals surface area contributed by atoms with Gasteiger partial charge in [-0.1, -0.05) is 13.8 Å². The Morgan fingerprint density at radius 3 is 2.15 bits per heavy atom. The lowest BCUT2D eigenvalue weighted by Gasteiger charge is -2.38. The lowest BCUT2D eigenvalue weighted by atomic mass is 9.75. The molecule has 0 atom stereocenters. The van der Waals surface area contributed by atoms with Gasteiger partial charge >= 0.3 is 5.97 Å². The molecule has 20 heavy (non-hydrogen) atoms. The van der Waals surface area contributed by atoms with Gasteiger partial charge in [-0.2, -0.15) is 0 Å². The number of nitrogens with one attached hydrogen (secondary N) is 1. The minimum Gasteiger partial charge on any atom is -0.466 e. The first-order valence-electron chi connectivity index (χ1n) is 8.43. The van der Waals surface area contributed by atoms with Gasteiger partial charge in [0.1, 0.15) is 0 Å². The third-order valence-corrected chi connectivity index (χ3v) is 5.16. The van der Waals surface area contributed by atoms with E-state index >= 15 is 0 Å². The van der Waals surface area contributed by atoms with Crippen LogP contribution in [0.15, 0.2) is 0 Å². The summed E-state index contributed by atoms with van der Waals surface area (Å²) in [5.74, 6) is 0.170. The van der Waals surface area contributed by atoms with Crippen LogP contribution in [-0.4, -0.2) is 24.7 Å². The highest BCUT2D eigenvalue weighted by Gasteiger charge is 2.31. The van der Waals surface area contributed by atoms with Crippen LogP contribution in [0.4, 0.5) is 0 Å². The Labute approximate surface area is 123 Å². The van der Waals surface area contributed by atoms with Gasteiger partial charge in [-0.25, -0.2) is 0 Å². The van der Waals surface area contributed by atoms with Crippen LogP contribution < -0.4 is 5.32 Å². The first-order valence-corrected chi connectivity index (χ1v) is 8.43. The number of hydrogen-bond acceptors (Lipinski definition) is 3. The maximum absolute atomic E-state index is 11.7. The van der Waals surface area contributed by atoms with Gasteiger partial charge in [0.25, 0.3) is 0 Å². The molecule has 2 fully saturated rings. The van der Waals surface area contributed by atoms with Gasteiger partial charge in [0.2, 0.25) is 0 Å². The Balaban J connectivity index is 1.68. The highest BCUT2D eigenvalue weighted by Crippen LogP contribution is 2.36. The van der Waals surface area contributed by atoms with Crippen LogP contribution in [0.2, 0.25) is 0 Å². The van der Waals surface area contributed by atoms with Gasteiger partial charge in [0.05, 0.1) is 12.5 Å². The summed E-state index contributed by atoms with van der Waals surface area (Å²) in [5.41, 5.74) is 0.541. The third-order valence-electron chi connectivity index (χ3n) is 5.16. The van der Waals surface area contributed by atoms with Gasteiger partial charge in [0.15, 0.2) is 0 Å². The Kier molecular flexibility index (Phi) is 5.48. The molecule has 0 amide bonds. The average Bonchev–Trinajstić information content (AvgIpc) is 2.42. The zero-order valence-electron chi connectivity index (χ0n) is 13.4. The smallest absolute Gasteiger partial charge is 0.308 e. The second-order valence-electron chi connectivity index (χ2n) is 7.41. The van der Waals surface area contributed by atoms with E-state index in [2.05, 4.69) is 19.2 Å². The molecule has 0 aromatic rings. The van der Waals surface area contributed by atoms with Crippen LogP contribution >= 0.6 is 0 Å². The normalized spacial score (nSPS) is 30.9. The number of hydrogen-bond donors (Lipinski definition) is 1. The predicted molar refractivity (Wildman–Crippen MR) is 81.6 cm³/mol. The number of rotatable bonds is 4. The largest absolute Gasteiger partial charge is 0.466 e.